The number of aryl methyl sites for hydroxylation is 1. The topological polar surface area (TPSA) is 20.2 Å². The molecule has 0 bridgehead atoms. The van der Waals surface area contributed by atoms with E-state index >= 15 is 0 Å². The van der Waals surface area contributed by atoms with Crippen LogP contribution in [-0.4, -0.2) is 10.9 Å². The normalized spacial score (nSPS) is 12.1. The fourth-order valence-electron chi connectivity index (χ4n) is 1.93. The van der Waals surface area contributed by atoms with Gasteiger partial charge in [0.2, 0.25) is 0 Å². The maximum atomic E-state index is 12.9. The first-order chi connectivity index (χ1) is 10.1. The maximum absolute atomic E-state index is 12.9. The Labute approximate surface area is 137 Å². The highest BCUT2D eigenvalue weighted by molar-refractivity contribution is 9.09. The van der Waals surface area contributed by atoms with Crippen LogP contribution in [0.25, 0.3) is 0 Å². The fraction of sp³-hybridized carbons (Fsp3) is 0.176. The molecule has 0 amide bonds. The Morgan fingerprint density at radius 3 is 2.62 bits per heavy atom. The van der Waals surface area contributed by atoms with Crippen LogP contribution >= 0.6 is 27.7 Å². The number of thioether (sulfide) groups is 1. The third-order valence-corrected chi connectivity index (χ3v) is 5.00. The van der Waals surface area contributed by atoms with E-state index in [2.05, 4.69) is 22.5 Å². The summed E-state index contributed by atoms with van der Waals surface area (Å²) in [6.45, 7) is 3.78. The molecule has 2 aromatic rings. The van der Waals surface area contributed by atoms with E-state index < -0.39 is 0 Å². The smallest absolute Gasteiger partial charge is 0.123 e. The first-order valence-electron chi connectivity index (χ1n) is 6.57. The molecule has 4 heteroatoms. The predicted octanol–water partition coefficient (Wildman–Crippen LogP) is 5.49. The minimum absolute atomic E-state index is 0.0615. The monoisotopic (exact) mass is 366 g/mol. The van der Waals surface area contributed by atoms with Crippen LogP contribution in [0.5, 0.6) is 5.75 Å². The van der Waals surface area contributed by atoms with Crippen LogP contribution in [0.4, 0.5) is 4.39 Å². The summed E-state index contributed by atoms with van der Waals surface area (Å²) >= 11 is 5.22. The van der Waals surface area contributed by atoms with Gasteiger partial charge in [0, 0.05) is 10.6 Å². The minimum atomic E-state index is -0.213. The number of rotatable bonds is 6. The van der Waals surface area contributed by atoms with Crippen LogP contribution in [0.3, 0.4) is 0 Å². The van der Waals surface area contributed by atoms with Crippen molar-refractivity contribution in [2.45, 2.75) is 16.1 Å². The molecule has 2 aromatic carbocycles. The van der Waals surface area contributed by atoms with Crippen molar-refractivity contribution in [3.63, 3.8) is 0 Å². The van der Waals surface area contributed by atoms with Crippen LogP contribution in [0, 0.1) is 5.82 Å². The molecule has 0 radical (unpaired) electrons. The number of aromatic hydroxyl groups is 1. The Balaban J connectivity index is 2.03. The SMILES string of the molecule is C=CC(Br)c1ccc(O)cc1SCCc1ccc(F)cc1. The molecule has 1 unspecified atom stereocenters. The van der Waals surface area contributed by atoms with Crippen LogP contribution in [-0.2, 0) is 6.42 Å². The molecular formula is C17H16BrFOS. The molecule has 0 saturated carbocycles. The van der Waals surface area contributed by atoms with E-state index in [1.807, 2.05) is 12.1 Å². The largest absolute Gasteiger partial charge is 0.508 e. The van der Waals surface area contributed by atoms with Crippen molar-refractivity contribution >= 4 is 27.7 Å². The van der Waals surface area contributed by atoms with E-state index in [-0.39, 0.29) is 16.4 Å². The van der Waals surface area contributed by atoms with Crippen molar-refractivity contribution < 1.29 is 9.50 Å². The average Bonchev–Trinajstić information content (AvgIpc) is 2.49. The highest BCUT2D eigenvalue weighted by Gasteiger charge is 2.10. The number of hydrogen-bond donors (Lipinski definition) is 1. The van der Waals surface area contributed by atoms with E-state index in [1.54, 1.807) is 36.0 Å². The molecule has 1 N–H and O–H groups in total. The van der Waals surface area contributed by atoms with Gasteiger partial charge >= 0.3 is 0 Å². The second-order valence-electron chi connectivity index (χ2n) is 4.58. The zero-order valence-electron chi connectivity index (χ0n) is 11.4. The van der Waals surface area contributed by atoms with Gasteiger partial charge in [-0.25, -0.2) is 4.39 Å². The molecule has 0 fully saturated rings. The van der Waals surface area contributed by atoms with Crippen molar-refractivity contribution in [3.8, 4) is 5.75 Å². The van der Waals surface area contributed by atoms with E-state index in [4.69, 9.17) is 0 Å². The number of phenolic OH excluding ortho intramolecular Hbond substituents is 1. The highest BCUT2D eigenvalue weighted by atomic mass is 79.9. The number of phenols is 1. The lowest BCUT2D eigenvalue weighted by atomic mass is 10.1. The predicted molar refractivity (Wildman–Crippen MR) is 90.8 cm³/mol. The second kappa shape index (κ2) is 7.66. The van der Waals surface area contributed by atoms with E-state index in [0.717, 1.165) is 28.2 Å². The van der Waals surface area contributed by atoms with Crippen molar-refractivity contribution in [1.82, 2.24) is 0 Å². The number of hydrogen-bond acceptors (Lipinski definition) is 2. The molecule has 21 heavy (non-hydrogen) atoms. The van der Waals surface area contributed by atoms with Gasteiger partial charge in [0.1, 0.15) is 11.6 Å². The Morgan fingerprint density at radius 2 is 1.95 bits per heavy atom. The summed E-state index contributed by atoms with van der Waals surface area (Å²) in [6, 6.07) is 11.9. The Morgan fingerprint density at radius 1 is 1.24 bits per heavy atom. The molecule has 1 nitrogen and oxygen atoms in total. The van der Waals surface area contributed by atoms with E-state index in [9.17, 15) is 9.50 Å². The average molecular weight is 367 g/mol. The van der Waals surface area contributed by atoms with Crippen LogP contribution in [0.1, 0.15) is 16.0 Å². The molecule has 0 saturated heterocycles. The molecule has 0 heterocycles. The van der Waals surface area contributed by atoms with Gasteiger partial charge in [-0.1, -0.05) is 40.2 Å². The van der Waals surface area contributed by atoms with E-state index in [0.29, 0.717) is 0 Å². The second-order valence-corrected chi connectivity index (χ2v) is 6.71. The Bertz CT molecular complexity index is 613. The fourth-order valence-corrected chi connectivity index (χ4v) is 3.61. The molecular weight excluding hydrogens is 351 g/mol. The molecule has 0 spiro atoms. The summed E-state index contributed by atoms with van der Waals surface area (Å²) in [4.78, 5) is 1.09. The lowest BCUT2D eigenvalue weighted by molar-refractivity contribution is 0.473. The molecule has 110 valence electrons. The molecule has 0 aliphatic heterocycles. The number of halogens is 2. The minimum Gasteiger partial charge on any atom is -0.508 e. The highest BCUT2D eigenvalue weighted by Crippen LogP contribution is 2.35. The van der Waals surface area contributed by atoms with E-state index in [1.165, 1.54) is 12.1 Å². The zero-order chi connectivity index (χ0) is 15.2. The lowest BCUT2D eigenvalue weighted by Gasteiger charge is -2.12. The maximum Gasteiger partial charge on any atom is 0.123 e. The van der Waals surface area contributed by atoms with Gasteiger partial charge in [0.25, 0.3) is 0 Å². The quantitative estimate of drug-likeness (QED) is 0.414. The first kappa shape index (κ1) is 16.1. The first-order valence-corrected chi connectivity index (χ1v) is 8.47. The summed E-state index contributed by atoms with van der Waals surface area (Å²) in [7, 11) is 0. The standard InChI is InChI=1S/C17H16BrFOS/c1-2-16(18)15-8-7-14(20)11-17(15)21-10-9-12-3-5-13(19)6-4-12/h2-8,11,16,20H,1,9-10H2. The van der Waals surface area contributed by atoms with Gasteiger partial charge in [-0.05, 0) is 41.8 Å². The van der Waals surface area contributed by atoms with Gasteiger partial charge in [0.15, 0.2) is 0 Å². The molecule has 0 aliphatic rings. The number of allylic oxidation sites excluding steroid dienone is 1. The van der Waals surface area contributed by atoms with Crippen molar-refractivity contribution in [2.24, 2.45) is 0 Å². The van der Waals surface area contributed by atoms with Gasteiger partial charge in [-0.3, -0.25) is 0 Å². The number of benzene rings is 2. The Hall–Kier alpha value is -1.26. The van der Waals surface area contributed by atoms with Gasteiger partial charge in [-0.2, -0.15) is 0 Å². The van der Waals surface area contributed by atoms with Crippen LogP contribution < -0.4 is 0 Å². The molecule has 2 rings (SSSR count). The lowest BCUT2D eigenvalue weighted by Crippen LogP contribution is -1.93. The van der Waals surface area contributed by atoms with Gasteiger partial charge < -0.3 is 5.11 Å². The van der Waals surface area contributed by atoms with Crippen molar-refractivity contribution in [1.29, 1.82) is 0 Å². The third kappa shape index (κ3) is 4.61. The van der Waals surface area contributed by atoms with Crippen LogP contribution in [0.15, 0.2) is 60.0 Å². The molecule has 1 atom stereocenters. The summed E-state index contributed by atoms with van der Waals surface area (Å²) in [5, 5.41) is 9.64. The molecule has 0 aliphatic carbocycles. The summed E-state index contributed by atoms with van der Waals surface area (Å²) < 4.78 is 12.9. The van der Waals surface area contributed by atoms with Crippen molar-refractivity contribution in [2.75, 3.05) is 5.75 Å². The van der Waals surface area contributed by atoms with Gasteiger partial charge in [0.05, 0.1) is 4.83 Å². The van der Waals surface area contributed by atoms with Crippen molar-refractivity contribution in [3.05, 3.63) is 72.1 Å². The third-order valence-electron chi connectivity index (χ3n) is 3.06. The van der Waals surface area contributed by atoms with Crippen LogP contribution in [0.2, 0.25) is 0 Å². The summed E-state index contributed by atoms with van der Waals surface area (Å²) in [5.74, 6) is 0.903. The number of alkyl halides is 1. The zero-order valence-corrected chi connectivity index (χ0v) is 13.8. The summed E-state index contributed by atoms with van der Waals surface area (Å²) in [6.07, 6.45) is 2.66. The summed E-state index contributed by atoms with van der Waals surface area (Å²) in [5.41, 5.74) is 2.19. The Kier molecular flexibility index (Phi) is 5.88. The molecule has 0 aromatic heterocycles. The van der Waals surface area contributed by atoms with Gasteiger partial charge in [-0.15, -0.1) is 18.3 Å².